The lowest BCUT2D eigenvalue weighted by Crippen LogP contribution is -2.19. The lowest BCUT2D eigenvalue weighted by atomic mass is 10.2. The first-order valence-electron chi connectivity index (χ1n) is 5.12. The van der Waals surface area contributed by atoms with Crippen molar-refractivity contribution < 1.29 is 0 Å². The zero-order chi connectivity index (χ0) is 10.3. The van der Waals surface area contributed by atoms with E-state index in [0.717, 1.165) is 35.5 Å². The maximum Gasteiger partial charge on any atom is 0.129 e. The molecule has 2 heterocycles. The molecule has 1 aliphatic heterocycles. The molecule has 0 unspecified atom stereocenters. The first-order valence-corrected chi connectivity index (χ1v) is 5.85. The maximum absolute atomic E-state index is 6.11. The third kappa shape index (κ3) is 1.34. The van der Waals surface area contributed by atoms with E-state index in [2.05, 4.69) is 19.7 Å². The molecule has 2 N–H and O–H groups in total. The van der Waals surface area contributed by atoms with Crippen LogP contribution in [0.1, 0.15) is 12.8 Å². The smallest absolute Gasteiger partial charge is 0.129 e. The van der Waals surface area contributed by atoms with Crippen molar-refractivity contribution >= 4 is 34.1 Å². The lowest BCUT2D eigenvalue weighted by molar-refractivity contribution is 0.949. The highest BCUT2D eigenvalue weighted by atomic mass is 32.1. The minimum Gasteiger partial charge on any atom is -0.395 e. The van der Waals surface area contributed by atoms with Gasteiger partial charge in [0.2, 0.25) is 0 Å². The van der Waals surface area contributed by atoms with Gasteiger partial charge in [0.25, 0.3) is 0 Å². The van der Waals surface area contributed by atoms with Gasteiger partial charge in [0, 0.05) is 13.1 Å². The topological polar surface area (TPSA) is 55.0 Å². The van der Waals surface area contributed by atoms with E-state index < -0.39 is 0 Å². The number of benzene rings is 1. The molecule has 15 heavy (non-hydrogen) atoms. The highest BCUT2D eigenvalue weighted by molar-refractivity contribution is 7.00. The van der Waals surface area contributed by atoms with Crippen LogP contribution in [0.4, 0.5) is 11.4 Å². The third-order valence-corrected chi connectivity index (χ3v) is 3.43. The number of nitrogens with zero attached hydrogens (tertiary/aromatic N) is 3. The fourth-order valence-corrected chi connectivity index (χ4v) is 2.64. The monoisotopic (exact) mass is 220 g/mol. The summed E-state index contributed by atoms with van der Waals surface area (Å²) < 4.78 is 8.41. The van der Waals surface area contributed by atoms with E-state index in [1.54, 1.807) is 0 Å². The molecule has 0 atom stereocenters. The van der Waals surface area contributed by atoms with E-state index in [9.17, 15) is 0 Å². The van der Waals surface area contributed by atoms with Gasteiger partial charge in [-0.2, -0.15) is 8.75 Å². The quantitative estimate of drug-likeness (QED) is 0.745. The van der Waals surface area contributed by atoms with Gasteiger partial charge in [-0.15, -0.1) is 0 Å². The second kappa shape index (κ2) is 3.34. The molecule has 1 fully saturated rings. The molecule has 0 bridgehead atoms. The number of fused-ring (bicyclic) bond motifs is 1. The van der Waals surface area contributed by atoms with Gasteiger partial charge in [-0.1, -0.05) is 0 Å². The molecule has 0 saturated carbocycles. The molecule has 2 aromatic rings. The van der Waals surface area contributed by atoms with Gasteiger partial charge < -0.3 is 10.6 Å². The van der Waals surface area contributed by atoms with Gasteiger partial charge in [-0.3, -0.25) is 0 Å². The molecule has 78 valence electrons. The number of hydrogen-bond acceptors (Lipinski definition) is 5. The van der Waals surface area contributed by atoms with Crippen LogP contribution in [0.15, 0.2) is 12.1 Å². The molecule has 0 spiro atoms. The molecule has 1 aromatic heterocycles. The summed E-state index contributed by atoms with van der Waals surface area (Å²) in [7, 11) is 0. The highest BCUT2D eigenvalue weighted by Gasteiger charge is 2.17. The number of nitrogens with two attached hydrogens (primary N) is 1. The Balaban J connectivity index is 2.13. The van der Waals surface area contributed by atoms with Crippen LogP contribution in [0.5, 0.6) is 0 Å². The number of hydrogen-bond donors (Lipinski definition) is 1. The molecular weight excluding hydrogens is 208 g/mol. The predicted octanol–water partition coefficient (Wildman–Crippen LogP) is 1.87. The van der Waals surface area contributed by atoms with Gasteiger partial charge in [-0.05, 0) is 25.0 Å². The molecule has 0 amide bonds. The fraction of sp³-hybridized carbons (Fsp3) is 0.400. The molecule has 1 aromatic carbocycles. The Morgan fingerprint density at radius 3 is 2.80 bits per heavy atom. The highest BCUT2D eigenvalue weighted by Crippen LogP contribution is 2.32. The fourth-order valence-electron chi connectivity index (χ4n) is 2.09. The van der Waals surface area contributed by atoms with E-state index in [1.807, 2.05) is 6.07 Å². The summed E-state index contributed by atoms with van der Waals surface area (Å²) in [5.74, 6) is 0. The second-order valence-corrected chi connectivity index (χ2v) is 4.35. The SMILES string of the molecule is Nc1c(N2CCCC2)ccc2nsnc12. The lowest BCUT2D eigenvalue weighted by Gasteiger charge is -2.19. The minimum atomic E-state index is 0.781. The molecule has 1 saturated heterocycles. The van der Waals surface area contributed by atoms with Crippen molar-refractivity contribution in [2.75, 3.05) is 23.7 Å². The molecule has 0 aliphatic carbocycles. The van der Waals surface area contributed by atoms with Crippen molar-refractivity contribution in [2.45, 2.75) is 12.8 Å². The summed E-state index contributed by atoms with van der Waals surface area (Å²) in [6.45, 7) is 2.21. The summed E-state index contributed by atoms with van der Waals surface area (Å²) in [6, 6.07) is 4.06. The molecule has 3 rings (SSSR count). The van der Waals surface area contributed by atoms with Crippen LogP contribution in [-0.2, 0) is 0 Å². The van der Waals surface area contributed by atoms with E-state index >= 15 is 0 Å². The average molecular weight is 220 g/mol. The zero-order valence-corrected chi connectivity index (χ0v) is 9.13. The summed E-state index contributed by atoms with van der Waals surface area (Å²) in [5.41, 5.74) is 9.76. The van der Waals surface area contributed by atoms with Crippen LogP contribution in [0.2, 0.25) is 0 Å². The Bertz CT molecular complexity index is 487. The molecular formula is C10H12N4S. The molecule has 0 radical (unpaired) electrons. The molecule has 5 heteroatoms. The van der Waals surface area contributed by atoms with Crippen molar-refractivity contribution in [3.63, 3.8) is 0 Å². The Morgan fingerprint density at radius 1 is 1.20 bits per heavy atom. The Kier molecular flexibility index (Phi) is 1.98. The van der Waals surface area contributed by atoms with Crippen LogP contribution in [0.3, 0.4) is 0 Å². The summed E-state index contributed by atoms with van der Waals surface area (Å²) >= 11 is 1.22. The Hall–Kier alpha value is -1.36. The number of nitrogen functional groups attached to an aromatic ring is 1. The third-order valence-electron chi connectivity index (χ3n) is 2.89. The van der Waals surface area contributed by atoms with Gasteiger partial charge in [0.15, 0.2) is 0 Å². The van der Waals surface area contributed by atoms with Crippen molar-refractivity contribution in [3.8, 4) is 0 Å². The van der Waals surface area contributed by atoms with E-state index in [4.69, 9.17) is 5.73 Å². The van der Waals surface area contributed by atoms with E-state index in [1.165, 1.54) is 24.6 Å². The molecule has 1 aliphatic rings. The van der Waals surface area contributed by atoms with Crippen LogP contribution in [-0.4, -0.2) is 21.8 Å². The van der Waals surface area contributed by atoms with Crippen molar-refractivity contribution in [1.29, 1.82) is 0 Å². The first-order chi connectivity index (χ1) is 7.36. The van der Waals surface area contributed by atoms with E-state index in [0.29, 0.717) is 0 Å². The number of rotatable bonds is 1. The number of aromatic nitrogens is 2. The zero-order valence-electron chi connectivity index (χ0n) is 8.31. The van der Waals surface area contributed by atoms with Crippen molar-refractivity contribution in [2.24, 2.45) is 0 Å². The van der Waals surface area contributed by atoms with Gasteiger partial charge in [0.05, 0.1) is 23.1 Å². The minimum absolute atomic E-state index is 0.781. The predicted molar refractivity (Wildman–Crippen MR) is 63.3 cm³/mol. The van der Waals surface area contributed by atoms with Crippen molar-refractivity contribution in [1.82, 2.24) is 8.75 Å². The maximum atomic E-state index is 6.11. The summed E-state index contributed by atoms with van der Waals surface area (Å²) in [6.07, 6.45) is 2.51. The van der Waals surface area contributed by atoms with Crippen LogP contribution in [0.25, 0.3) is 11.0 Å². The van der Waals surface area contributed by atoms with Crippen LogP contribution in [0, 0.1) is 0 Å². The van der Waals surface area contributed by atoms with Crippen LogP contribution < -0.4 is 10.6 Å². The second-order valence-electron chi connectivity index (χ2n) is 3.82. The number of anilines is 2. The normalized spacial score (nSPS) is 16.4. The first kappa shape index (κ1) is 8.91. The van der Waals surface area contributed by atoms with Gasteiger partial charge in [0.1, 0.15) is 11.0 Å². The Morgan fingerprint density at radius 2 is 2.00 bits per heavy atom. The van der Waals surface area contributed by atoms with Crippen LogP contribution >= 0.6 is 11.7 Å². The summed E-state index contributed by atoms with van der Waals surface area (Å²) in [5, 5.41) is 0. The van der Waals surface area contributed by atoms with Crippen molar-refractivity contribution in [3.05, 3.63) is 12.1 Å². The van der Waals surface area contributed by atoms with Gasteiger partial charge in [-0.25, -0.2) is 0 Å². The Labute approximate surface area is 92.0 Å². The standard InChI is InChI=1S/C10H12N4S/c11-9-8(14-5-1-2-6-14)4-3-7-10(9)13-15-12-7/h3-4H,1-2,5-6,11H2. The molecule has 4 nitrogen and oxygen atoms in total. The van der Waals surface area contributed by atoms with E-state index in [-0.39, 0.29) is 0 Å². The average Bonchev–Trinajstić information content (AvgIpc) is 2.87. The largest absolute Gasteiger partial charge is 0.395 e. The summed E-state index contributed by atoms with van der Waals surface area (Å²) in [4.78, 5) is 2.33. The van der Waals surface area contributed by atoms with Gasteiger partial charge >= 0.3 is 0 Å².